The molecule has 0 aliphatic rings. The molecule has 0 amide bonds. The molecule has 0 spiro atoms. The average molecular weight is 454 g/mol. The van der Waals surface area contributed by atoms with Gasteiger partial charge >= 0.3 is 5.97 Å². The highest BCUT2D eigenvalue weighted by Crippen LogP contribution is 2.27. The zero-order valence-corrected chi connectivity index (χ0v) is 20.3. The Morgan fingerprint density at radius 3 is 2.56 bits per heavy atom. The molecule has 0 saturated carbocycles. The molecular weight excluding hydrogens is 422 g/mol. The van der Waals surface area contributed by atoms with Gasteiger partial charge in [0.2, 0.25) is 5.89 Å². The first-order valence-electron chi connectivity index (χ1n) is 10.7. The van der Waals surface area contributed by atoms with Crippen LogP contribution < -0.4 is 4.74 Å². The number of aryl methyl sites for hydroxylation is 1. The Morgan fingerprint density at radius 1 is 1.12 bits per heavy atom. The number of nitrogens with zero attached hydrogens (tertiary/aromatic N) is 1. The molecule has 1 heterocycles. The minimum absolute atomic E-state index is 0.116. The van der Waals surface area contributed by atoms with Crippen LogP contribution in [0.25, 0.3) is 11.5 Å². The van der Waals surface area contributed by atoms with Crippen LogP contribution in [0, 0.1) is 6.92 Å². The van der Waals surface area contributed by atoms with E-state index >= 15 is 0 Å². The maximum absolute atomic E-state index is 11.2. The second-order valence-electron chi connectivity index (χ2n) is 8.66. The molecule has 6 heteroatoms. The van der Waals surface area contributed by atoms with Gasteiger partial charge in [-0.05, 0) is 47.7 Å². The van der Waals surface area contributed by atoms with Crippen molar-refractivity contribution in [1.82, 2.24) is 4.98 Å². The van der Waals surface area contributed by atoms with E-state index in [0.717, 1.165) is 34.1 Å². The SMILES string of the molecule is COC(=O)CSCc1cccc(OCCc2nc(-c3ccc(C(C)(C)C)cc3)oc2C)c1. The molecule has 3 rings (SSSR count). The molecule has 170 valence electrons. The number of carbonyl (C=O) groups is 1. The zero-order valence-electron chi connectivity index (χ0n) is 19.4. The molecule has 1 aromatic heterocycles. The molecule has 0 radical (unpaired) electrons. The van der Waals surface area contributed by atoms with Crippen LogP contribution >= 0.6 is 11.8 Å². The van der Waals surface area contributed by atoms with Crippen molar-refractivity contribution in [1.29, 1.82) is 0 Å². The van der Waals surface area contributed by atoms with Gasteiger partial charge in [0.1, 0.15) is 11.5 Å². The smallest absolute Gasteiger partial charge is 0.315 e. The Hall–Kier alpha value is -2.73. The van der Waals surface area contributed by atoms with E-state index in [9.17, 15) is 4.79 Å². The van der Waals surface area contributed by atoms with Crippen molar-refractivity contribution in [3.8, 4) is 17.2 Å². The number of oxazole rings is 1. The van der Waals surface area contributed by atoms with Crippen LogP contribution in [0.15, 0.2) is 52.9 Å². The largest absolute Gasteiger partial charge is 0.493 e. The number of hydrogen-bond acceptors (Lipinski definition) is 6. The highest BCUT2D eigenvalue weighted by Gasteiger charge is 2.15. The van der Waals surface area contributed by atoms with Crippen LogP contribution in [0.5, 0.6) is 5.75 Å². The molecule has 0 bridgehead atoms. The van der Waals surface area contributed by atoms with Crippen LogP contribution in [-0.2, 0) is 27.1 Å². The number of aromatic nitrogens is 1. The van der Waals surface area contributed by atoms with Crippen molar-refractivity contribution in [3.05, 3.63) is 71.1 Å². The quantitative estimate of drug-likeness (QED) is 0.372. The number of hydrogen-bond donors (Lipinski definition) is 0. The van der Waals surface area contributed by atoms with Crippen molar-refractivity contribution in [2.24, 2.45) is 0 Å². The number of ether oxygens (including phenoxy) is 2. The van der Waals surface area contributed by atoms with Crippen LogP contribution in [0.4, 0.5) is 0 Å². The number of carbonyl (C=O) groups excluding carboxylic acids is 1. The van der Waals surface area contributed by atoms with Gasteiger partial charge in [0.25, 0.3) is 0 Å². The highest BCUT2D eigenvalue weighted by atomic mass is 32.2. The molecule has 0 atom stereocenters. The third-order valence-corrected chi connectivity index (χ3v) is 6.09. The highest BCUT2D eigenvalue weighted by molar-refractivity contribution is 7.99. The van der Waals surface area contributed by atoms with E-state index in [-0.39, 0.29) is 11.4 Å². The summed E-state index contributed by atoms with van der Waals surface area (Å²) in [5.41, 5.74) is 4.39. The lowest BCUT2D eigenvalue weighted by molar-refractivity contribution is -0.137. The summed E-state index contributed by atoms with van der Waals surface area (Å²) in [5, 5.41) is 0. The number of methoxy groups -OCH3 is 1. The topological polar surface area (TPSA) is 61.6 Å². The van der Waals surface area contributed by atoms with Gasteiger partial charge < -0.3 is 13.9 Å². The Kier molecular flexibility index (Phi) is 8.02. The van der Waals surface area contributed by atoms with Crippen molar-refractivity contribution in [2.75, 3.05) is 19.5 Å². The zero-order chi connectivity index (χ0) is 23.1. The predicted octanol–water partition coefficient (Wildman–Crippen LogP) is 5.98. The fraction of sp³-hybridized carbons (Fsp3) is 0.385. The standard InChI is InChI=1S/C26H31NO4S/c1-18-23(27-25(31-18)20-9-11-21(12-10-20)26(2,3)4)13-14-30-22-8-6-7-19(15-22)16-32-17-24(28)29-5/h6-12,15H,13-14,16-17H2,1-5H3. The van der Waals surface area contributed by atoms with E-state index in [4.69, 9.17) is 14.1 Å². The van der Waals surface area contributed by atoms with E-state index in [1.807, 2.05) is 31.2 Å². The second-order valence-corrected chi connectivity index (χ2v) is 9.65. The van der Waals surface area contributed by atoms with E-state index in [2.05, 4.69) is 49.8 Å². The second kappa shape index (κ2) is 10.7. The Morgan fingerprint density at radius 2 is 1.88 bits per heavy atom. The Bertz CT molecular complexity index is 1030. The minimum atomic E-state index is -0.213. The van der Waals surface area contributed by atoms with Gasteiger partial charge in [0.15, 0.2) is 0 Å². The molecule has 3 aromatic rings. The fourth-order valence-corrected chi connectivity index (χ4v) is 4.00. The summed E-state index contributed by atoms with van der Waals surface area (Å²) < 4.78 is 16.5. The third-order valence-electron chi connectivity index (χ3n) is 5.11. The molecule has 0 aliphatic heterocycles. The monoisotopic (exact) mass is 453 g/mol. The molecule has 2 aromatic carbocycles. The maximum atomic E-state index is 11.2. The normalized spacial score (nSPS) is 11.4. The van der Waals surface area contributed by atoms with E-state index in [1.165, 1.54) is 24.4 Å². The average Bonchev–Trinajstić information content (AvgIpc) is 3.14. The molecule has 0 unspecified atom stereocenters. The molecular formula is C26H31NO4S. The maximum Gasteiger partial charge on any atom is 0.315 e. The summed E-state index contributed by atoms with van der Waals surface area (Å²) in [6, 6.07) is 16.3. The first kappa shape index (κ1) is 23.9. The van der Waals surface area contributed by atoms with Gasteiger partial charge in [-0.15, -0.1) is 11.8 Å². The molecule has 5 nitrogen and oxygen atoms in total. The lowest BCUT2D eigenvalue weighted by Crippen LogP contribution is -2.10. The summed E-state index contributed by atoms with van der Waals surface area (Å²) in [4.78, 5) is 15.9. The van der Waals surface area contributed by atoms with Gasteiger partial charge in [-0.3, -0.25) is 4.79 Å². The van der Waals surface area contributed by atoms with Crippen molar-refractivity contribution in [3.63, 3.8) is 0 Å². The van der Waals surface area contributed by atoms with Crippen LogP contribution in [0.2, 0.25) is 0 Å². The summed E-state index contributed by atoms with van der Waals surface area (Å²) in [7, 11) is 1.40. The number of thioether (sulfide) groups is 1. The summed E-state index contributed by atoms with van der Waals surface area (Å²) in [6.45, 7) is 9.05. The van der Waals surface area contributed by atoms with Crippen molar-refractivity contribution >= 4 is 17.7 Å². The molecule has 0 N–H and O–H groups in total. The third kappa shape index (κ3) is 6.63. The van der Waals surface area contributed by atoms with Gasteiger partial charge in [-0.2, -0.15) is 0 Å². The number of esters is 1. The minimum Gasteiger partial charge on any atom is -0.493 e. The predicted molar refractivity (Wildman–Crippen MR) is 129 cm³/mol. The molecule has 0 fully saturated rings. The summed E-state index contributed by atoms with van der Waals surface area (Å²) >= 11 is 1.52. The number of benzene rings is 2. The summed E-state index contributed by atoms with van der Waals surface area (Å²) in [5.74, 6) is 3.12. The van der Waals surface area contributed by atoms with Crippen LogP contribution in [0.1, 0.15) is 43.4 Å². The Balaban J connectivity index is 1.55. The van der Waals surface area contributed by atoms with Crippen LogP contribution in [-0.4, -0.2) is 30.4 Å². The molecule has 0 aliphatic carbocycles. The lowest BCUT2D eigenvalue weighted by Gasteiger charge is -2.18. The first-order valence-corrected chi connectivity index (χ1v) is 11.9. The van der Waals surface area contributed by atoms with Gasteiger partial charge in [-0.25, -0.2) is 4.98 Å². The Labute approximate surface area is 194 Å². The lowest BCUT2D eigenvalue weighted by atomic mass is 9.87. The first-order chi connectivity index (χ1) is 15.3. The van der Waals surface area contributed by atoms with E-state index in [0.29, 0.717) is 24.7 Å². The number of rotatable bonds is 9. The van der Waals surface area contributed by atoms with Crippen molar-refractivity contribution in [2.45, 2.75) is 45.3 Å². The molecule has 32 heavy (non-hydrogen) atoms. The van der Waals surface area contributed by atoms with Crippen LogP contribution in [0.3, 0.4) is 0 Å². The summed E-state index contributed by atoms with van der Waals surface area (Å²) in [6.07, 6.45) is 0.663. The van der Waals surface area contributed by atoms with Gasteiger partial charge in [0, 0.05) is 17.7 Å². The van der Waals surface area contributed by atoms with Crippen molar-refractivity contribution < 1.29 is 18.7 Å². The van der Waals surface area contributed by atoms with E-state index in [1.54, 1.807) is 0 Å². The molecule has 0 saturated heterocycles. The van der Waals surface area contributed by atoms with E-state index < -0.39 is 0 Å². The van der Waals surface area contributed by atoms with Gasteiger partial charge in [-0.1, -0.05) is 45.0 Å². The van der Waals surface area contributed by atoms with Gasteiger partial charge in [0.05, 0.1) is 25.2 Å². The fourth-order valence-electron chi connectivity index (χ4n) is 3.20.